The van der Waals surface area contributed by atoms with E-state index in [2.05, 4.69) is 10.4 Å². The van der Waals surface area contributed by atoms with Crippen molar-refractivity contribution in [3.05, 3.63) is 18.0 Å². The normalized spacial score (nSPS) is 12.7. The molecule has 0 aromatic carbocycles. The second kappa shape index (κ2) is 4.76. The van der Waals surface area contributed by atoms with Crippen molar-refractivity contribution < 1.29 is 9.90 Å². The summed E-state index contributed by atoms with van der Waals surface area (Å²) >= 11 is 0. The van der Waals surface area contributed by atoms with E-state index in [1.54, 1.807) is 24.1 Å². The van der Waals surface area contributed by atoms with Crippen LogP contribution in [0.3, 0.4) is 0 Å². The number of hydrogen-bond donors (Lipinski definition) is 2. The smallest absolute Gasteiger partial charge is 0.325 e. The van der Waals surface area contributed by atoms with Crippen molar-refractivity contribution in [3.8, 4) is 0 Å². The van der Waals surface area contributed by atoms with Crippen molar-refractivity contribution in [1.82, 2.24) is 15.1 Å². The van der Waals surface area contributed by atoms with Crippen LogP contribution in [-0.4, -0.2) is 27.4 Å². The van der Waals surface area contributed by atoms with Gasteiger partial charge in [0.1, 0.15) is 6.04 Å². The Bertz CT molecular complexity index is 309. The van der Waals surface area contributed by atoms with Gasteiger partial charge < -0.3 is 10.4 Å². The van der Waals surface area contributed by atoms with Crippen molar-refractivity contribution >= 4 is 5.97 Å². The number of carbonyl (C=O) groups is 1. The van der Waals surface area contributed by atoms with E-state index in [1.165, 1.54) is 0 Å². The first-order valence-corrected chi connectivity index (χ1v) is 4.60. The van der Waals surface area contributed by atoms with Gasteiger partial charge in [-0.3, -0.25) is 9.48 Å². The van der Waals surface area contributed by atoms with Crippen LogP contribution >= 0.6 is 0 Å². The molecule has 78 valence electrons. The fourth-order valence-corrected chi connectivity index (χ4v) is 1.23. The van der Waals surface area contributed by atoms with Gasteiger partial charge in [0.05, 0.1) is 6.20 Å². The SMILES string of the molecule is CCCN[C@@H](C(=O)O)c1cnn(C)c1. The lowest BCUT2D eigenvalue weighted by Gasteiger charge is -2.11. The molecule has 14 heavy (non-hydrogen) atoms. The molecule has 0 bridgehead atoms. The fraction of sp³-hybridized carbons (Fsp3) is 0.556. The van der Waals surface area contributed by atoms with E-state index >= 15 is 0 Å². The van der Waals surface area contributed by atoms with Crippen molar-refractivity contribution in [2.45, 2.75) is 19.4 Å². The van der Waals surface area contributed by atoms with Crippen LogP contribution in [0.1, 0.15) is 24.9 Å². The first kappa shape index (κ1) is 10.7. The lowest BCUT2D eigenvalue weighted by atomic mass is 10.1. The van der Waals surface area contributed by atoms with Crippen molar-refractivity contribution in [2.24, 2.45) is 7.05 Å². The first-order valence-electron chi connectivity index (χ1n) is 4.60. The average Bonchev–Trinajstić information content (AvgIpc) is 2.52. The number of nitrogens with one attached hydrogen (secondary N) is 1. The summed E-state index contributed by atoms with van der Waals surface area (Å²) in [6, 6.07) is -0.649. The summed E-state index contributed by atoms with van der Waals surface area (Å²) in [6.07, 6.45) is 4.19. The minimum Gasteiger partial charge on any atom is -0.480 e. The van der Waals surface area contributed by atoms with E-state index in [0.717, 1.165) is 6.42 Å². The van der Waals surface area contributed by atoms with Gasteiger partial charge in [-0.25, -0.2) is 0 Å². The first-order chi connectivity index (χ1) is 6.65. The molecule has 1 heterocycles. The monoisotopic (exact) mass is 197 g/mol. The number of aromatic nitrogens is 2. The van der Waals surface area contributed by atoms with Crippen LogP contribution in [0.15, 0.2) is 12.4 Å². The molecule has 2 N–H and O–H groups in total. The number of carboxylic acids is 1. The van der Waals surface area contributed by atoms with Gasteiger partial charge in [-0.2, -0.15) is 5.10 Å². The summed E-state index contributed by atoms with van der Waals surface area (Å²) in [4.78, 5) is 10.9. The third-order valence-corrected chi connectivity index (χ3v) is 1.90. The molecular formula is C9H15N3O2. The van der Waals surface area contributed by atoms with E-state index in [-0.39, 0.29) is 0 Å². The molecule has 1 rings (SSSR count). The van der Waals surface area contributed by atoms with Gasteiger partial charge in [-0.15, -0.1) is 0 Å². The number of aliphatic carboxylic acids is 1. The maximum Gasteiger partial charge on any atom is 0.325 e. The van der Waals surface area contributed by atoms with Crippen LogP contribution in [0, 0.1) is 0 Å². The van der Waals surface area contributed by atoms with Gasteiger partial charge in [0, 0.05) is 18.8 Å². The zero-order chi connectivity index (χ0) is 10.6. The number of rotatable bonds is 5. The topological polar surface area (TPSA) is 67.2 Å². The molecule has 0 spiro atoms. The van der Waals surface area contributed by atoms with Crippen LogP contribution in [0.5, 0.6) is 0 Å². The summed E-state index contributed by atoms with van der Waals surface area (Å²) in [7, 11) is 1.77. The van der Waals surface area contributed by atoms with Gasteiger partial charge in [0.15, 0.2) is 0 Å². The molecule has 0 aliphatic heterocycles. The van der Waals surface area contributed by atoms with E-state index in [9.17, 15) is 4.79 Å². The molecule has 0 unspecified atom stereocenters. The standard InChI is InChI=1S/C9H15N3O2/c1-3-4-10-8(9(13)14)7-5-11-12(2)6-7/h5-6,8,10H,3-4H2,1-2H3,(H,13,14)/t8-/m1/s1. The van der Waals surface area contributed by atoms with E-state index in [4.69, 9.17) is 5.11 Å². The number of carboxylic acid groups (broad SMARTS) is 1. The third kappa shape index (κ3) is 2.56. The maximum atomic E-state index is 10.9. The predicted molar refractivity (Wildman–Crippen MR) is 51.9 cm³/mol. The highest BCUT2D eigenvalue weighted by molar-refractivity contribution is 5.75. The molecule has 0 fully saturated rings. The minimum atomic E-state index is -0.869. The minimum absolute atomic E-state index is 0.649. The van der Waals surface area contributed by atoms with Crippen LogP contribution in [-0.2, 0) is 11.8 Å². The highest BCUT2D eigenvalue weighted by Gasteiger charge is 2.19. The third-order valence-electron chi connectivity index (χ3n) is 1.90. The van der Waals surface area contributed by atoms with E-state index < -0.39 is 12.0 Å². The second-order valence-electron chi connectivity index (χ2n) is 3.17. The Morgan fingerprint density at radius 3 is 2.93 bits per heavy atom. The van der Waals surface area contributed by atoms with Gasteiger partial charge in [0.2, 0.25) is 0 Å². The summed E-state index contributed by atoms with van der Waals surface area (Å²) in [5, 5.41) is 15.8. The van der Waals surface area contributed by atoms with Gasteiger partial charge >= 0.3 is 5.97 Å². The van der Waals surface area contributed by atoms with Crippen LogP contribution in [0.2, 0.25) is 0 Å². The van der Waals surface area contributed by atoms with Crippen molar-refractivity contribution in [1.29, 1.82) is 0 Å². The van der Waals surface area contributed by atoms with Crippen molar-refractivity contribution in [3.63, 3.8) is 0 Å². The summed E-state index contributed by atoms with van der Waals surface area (Å²) in [5.41, 5.74) is 0.688. The molecule has 0 saturated carbocycles. The second-order valence-corrected chi connectivity index (χ2v) is 3.17. The zero-order valence-corrected chi connectivity index (χ0v) is 8.40. The van der Waals surface area contributed by atoms with Gasteiger partial charge in [-0.05, 0) is 13.0 Å². The highest BCUT2D eigenvalue weighted by atomic mass is 16.4. The highest BCUT2D eigenvalue weighted by Crippen LogP contribution is 2.11. The van der Waals surface area contributed by atoms with E-state index in [1.807, 2.05) is 6.92 Å². The molecule has 1 aromatic heterocycles. The molecular weight excluding hydrogens is 182 g/mol. The van der Waals surface area contributed by atoms with Crippen LogP contribution in [0.25, 0.3) is 0 Å². The Labute approximate surface area is 82.7 Å². The maximum absolute atomic E-state index is 10.9. The van der Waals surface area contributed by atoms with Crippen LogP contribution in [0.4, 0.5) is 0 Å². The quantitative estimate of drug-likeness (QED) is 0.723. The lowest BCUT2D eigenvalue weighted by Crippen LogP contribution is -2.28. The molecule has 0 saturated heterocycles. The number of hydrogen-bond acceptors (Lipinski definition) is 3. The van der Waals surface area contributed by atoms with Crippen molar-refractivity contribution in [2.75, 3.05) is 6.54 Å². The van der Waals surface area contributed by atoms with Gasteiger partial charge in [0.25, 0.3) is 0 Å². The van der Waals surface area contributed by atoms with Gasteiger partial charge in [-0.1, -0.05) is 6.92 Å². The predicted octanol–water partition coefficient (Wildman–Crippen LogP) is 0.545. The van der Waals surface area contributed by atoms with Crippen LogP contribution < -0.4 is 5.32 Å². The van der Waals surface area contributed by atoms with E-state index in [0.29, 0.717) is 12.1 Å². The molecule has 5 heteroatoms. The Morgan fingerprint density at radius 2 is 2.50 bits per heavy atom. The number of nitrogens with zero attached hydrogens (tertiary/aromatic N) is 2. The Kier molecular flexibility index (Phi) is 3.64. The molecule has 0 radical (unpaired) electrons. The average molecular weight is 197 g/mol. The Hall–Kier alpha value is -1.36. The largest absolute Gasteiger partial charge is 0.480 e. The summed E-state index contributed by atoms with van der Waals surface area (Å²) in [6.45, 7) is 2.68. The molecule has 0 amide bonds. The Balaban J connectivity index is 2.72. The fourth-order valence-electron chi connectivity index (χ4n) is 1.23. The molecule has 5 nitrogen and oxygen atoms in total. The zero-order valence-electron chi connectivity index (χ0n) is 8.40. The summed E-state index contributed by atoms with van der Waals surface area (Å²) in [5.74, 6) is -0.869. The summed E-state index contributed by atoms with van der Waals surface area (Å²) < 4.78 is 1.60. The molecule has 0 aliphatic rings. The molecule has 1 aromatic rings. The lowest BCUT2D eigenvalue weighted by molar-refractivity contribution is -0.139. The molecule has 1 atom stereocenters. The number of aryl methyl sites for hydroxylation is 1. The molecule has 0 aliphatic carbocycles. The Morgan fingerprint density at radius 1 is 1.79 bits per heavy atom.